The van der Waals surface area contributed by atoms with Gasteiger partial charge in [-0.3, -0.25) is 10.1 Å². The molecule has 0 saturated carbocycles. The van der Waals surface area contributed by atoms with Crippen molar-refractivity contribution in [1.29, 1.82) is 0 Å². The molecule has 0 radical (unpaired) electrons. The number of nitro groups is 1. The van der Waals surface area contributed by atoms with Gasteiger partial charge in [-0.25, -0.2) is 0 Å². The number of nitrogens with zero attached hydrogens (tertiary/aromatic N) is 1. The van der Waals surface area contributed by atoms with Crippen molar-refractivity contribution in [3.05, 3.63) is 33.3 Å². The molecule has 0 amide bonds. The molecule has 1 aromatic carbocycles. The number of hydrogen-bond acceptors (Lipinski definition) is 4. The fourth-order valence-corrected chi connectivity index (χ4v) is 1.35. The van der Waals surface area contributed by atoms with Gasteiger partial charge in [-0.05, 0) is 12.0 Å². The number of aliphatic hydroxyl groups excluding tert-OH is 1. The van der Waals surface area contributed by atoms with Crippen LogP contribution in [0.3, 0.4) is 0 Å². The van der Waals surface area contributed by atoms with Gasteiger partial charge in [0.05, 0.1) is 15.6 Å². The summed E-state index contributed by atoms with van der Waals surface area (Å²) in [5.74, 6) is 0.103. The number of anilines is 1. The number of aliphatic hydroxyl groups is 1. The van der Waals surface area contributed by atoms with Crippen molar-refractivity contribution in [2.24, 2.45) is 5.92 Å². The van der Waals surface area contributed by atoms with Gasteiger partial charge in [-0.15, -0.1) is 0 Å². The van der Waals surface area contributed by atoms with E-state index in [1.165, 1.54) is 12.1 Å². The second kappa shape index (κ2) is 5.67. The number of hydrogen-bond donors (Lipinski definition) is 2. The molecule has 1 unspecified atom stereocenters. The Kier molecular flexibility index (Phi) is 4.52. The molecule has 1 atom stereocenters. The quantitative estimate of drug-likeness (QED) is 0.616. The maximum atomic E-state index is 10.5. The van der Waals surface area contributed by atoms with Gasteiger partial charge in [0.25, 0.3) is 5.69 Å². The second-order valence-electron chi connectivity index (χ2n) is 3.59. The van der Waals surface area contributed by atoms with Gasteiger partial charge in [0.15, 0.2) is 0 Å². The molecule has 0 heterocycles. The van der Waals surface area contributed by atoms with Crippen molar-refractivity contribution >= 4 is 23.0 Å². The fourth-order valence-electron chi connectivity index (χ4n) is 1.11. The lowest BCUT2D eigenvalue weighted by atomic mass is 10.2. The highest BCUT2D eigenvalue weighted by Crippen LogP contribution is 2.26. The van der Waals surface area contributed by atoms with E-state index in [1.54, 1.807) is 6.07 Å². The monoisotopic (exact) mass is 244 g/mol. The van der Waals surface area contributed by atoms with E-state index in [2.05, 4.69) is 5.32 Å². The third kappa shape index (κ3) is 3.36. The maximum absolute atomic E-state index is 10.5. The molecular formula is C10H13ClN2O3. The minimum atomic E-state index is -0.494. The van der Waals surface area contributed by atoms with Crippen LogP contribution < -0.4 is 5.32 Å². The SMILES string of the molecule is CC(CO)CNc1ccc([N+](=O)[O-])cc1Cl. The predicted molar refractivity (Wildman–Crippen MR) is 62.8 cm³/mol. The number of non-ortho nitro benzene ring substituents is 1. The number of rotatable bonds is 5. The summed E-state index contributed by atoms with van der Waals surface area (Å²) in [5, 5.41) is 22.6. The van der Waals surface area contributed by atoms with Crippen LogP contribution in [-0.2, 0) is 0 Å². The van der Waals surface area contributed by atoms with Crippen LogP contribution in [0.1, 0.15) is 6.92 Å². The highest BCUT2D eigenvalue weighted by molar-refractivity contribution is 6.33. The van der Waals surface area contributed by atoms with Crippen LogP contribution in [0.2, 0.25) is 5.02 Å². The zero-order valence-electron chi connectivity index (χ0n) is 8.81. The van der Waals surface area contributed by atoms with Crippen molar-refractivity contribution in [2.45, 2.75) is 6.92 Å². The molecule has 2 N–H and O–H groups in total. The Morgan fingerprint density at radius 3 is 2.81 bits per heavy atom. The number of nitro benzene ring substituents is 1. The molecule has 88 valence electrons. The Morgan fingerprint density at radius 2 is 2.31 bits per heavy atom. The first-order valence-corrected chi connectivity index (χ1v) is 5.21. The summed E-state index contributed by atoms with van der Waals surface area (Å²) in [6, 6.07) is 4.25. The van der Waals surface area contributed by atoms with E-state index in [0.717, 1.165) is 0 Å². The topological polar surface area (TPSA) is 75.4 Å². The molecule has 1 aromatic rings. The van der Waals surface area contributed by atoms with Gasteiger partial charge in [0, 0.05) is 25.3 Å². The van der Waals surface area contributed by atoms with Crippen LogP contribution in [0.15, 0.2) is 18.2 Å². The molecule has 6 heteroatoms. The zero-order chi connectivity index (χ0) is 12.1. The lowest BCUT2D eigenvalue weighted by molar-refractivity contribution is -0.384. The Balaban J connectivity index is 2.72. The summed E-state index contributed by atoms with van der Waals surface area (Å²) in [6.45, 7) is 2.53. The van der Waals surface area contributed by atoms with Crippen LogP contribution in [0.5, 0.6) is 0 Å². The zero-order valence-corrected chi connectivity index (χ0v) is 9.57. The molecule has 0 bridgehead atoms. The van der Waals surface area contributed by atoms with Gasteiger partial charge in [-0.1, -0.05) is 18.5 Å². The summed E-state index contributed by atoms with van der Waals surface area (Å²) in [5.41, 5.74) is 0.596. The van der Waals surface area contributed by atoms with Crippen molar-refractivity contribution in [3.63, 3.8) is 0 Å². The van der Waals surface area contributed by atoms with Crippen molar-refractivity contribution in [1.82, 2.24) is 0 Å². The molecule has 0 aliphatic heterocycles. The summed E-state index contributed by atoms with van der Waals surface area (Å²) in [7, 11) is 0. The largest absolute Gasteiger partial charge is 0.396 e. The first kappa shape index (κ1) is 12.7. The van der Waals surface area contributed by atoms with Crippen LogP contribution in [0, 0.1) is 16.0 Å². The average molecular weight is 245 g/mol. The smallest absolute Gasteiger partial charge is 0.271 e. The van der Waals surface area contributed by atoms with Crippen molar-refractivity contribution in [2.75, 3.05) is 18.5 Å². The van der Waals surface area contributed by atoms with Gasteiger partial charge >= 0.3 is 0 Å². The van der Waals surface area contributed by atoms with Gasteiger partial charge < -0.3 is 10.4 Å². The van der Waals surface area contributed by atoms with E-state index in [4.69, 9.17) is 16.7 Å². The normalized spacial score (nSPS) is 12.2. The average Bonchev–Trinajstić information content (AvgIpc) is 2.26. The van der Waals surface area contributed by atoms with Gasteiger partial charge in [-0.2, -0.15) is 0 Å². The Labute approximate surface area is 98.2 Å². The lowest BCUT2D eigenvalue weighted by Gasteiger charge is -2.11. The van der Waals surface area contributed by atoms with E-state index in [0.29, 0.717) is 17.3 Å². The lowest BCUT2D eigenvalue weighted by Crippen LogP contribution is -2.14. The second-order valence-corrected chi connectivity index (χ2v) is 4.00. The van der Waals surface area contributed by atoms with E-state index in [1.807, 2.05) is 6.92 Å². The minimum Gasteiger partial charge on any atom is -0.396 e. The highest BCUT2D eigenvalue weighted by Gasteiger charge is 2.09. The first-order chi connectivity index (χ1) is 7.54. The van der Waals surface area contributed by atoms with E-state index < -0.39 is 4.92 Å². The number of nitrogens with one attached hydrogen (secondary N) is 1. The van der Waals surface area contributed by atoms with Crippen LogP contribution in [0.4, 0.5) is 11.4 Å². The molecule has 0 saturated heterocycles. The molecule has 0 fully saturated rings. The minimum absolute atomic E-state index is 0.0363. The fraction of sp³-hybridized carbons (Fsp3) is 0.400. The third-order valence-electron chi connectivity index (χ3n) is 2.12. The molecule has 0 aliphatic rings. The van der Waals surface area contributed by atoms with Crippen LogP contribution in [0.25, 0.3) is 0 Å². The Hall–Kier alpha value is -1.33. The van der Waals surface area contributed by atoms with E-state index >= 15 is 0 Å². The number of benzene rings is 1. The van der Waals surface area contributed by atoms with Crippen molar-refractivity contribution < 1.29 is 10.0 Å². The molecule has 5 nitrogen and oxygen atoms in total. The maximum Gasteiger partial charge on any atom is 0.271 e. The summed E-state index contributed by atoms with van der Waals surface area (Å²) in [4.78, 5) is 9.98. The third-order valence-corrected chi connectivity index (χ3v) is 2.43. The van der Waals surface area contributed by atoms with Gasteiger partial charge in [0.1, 0.15) is 0 Å². The number of halogens is 1. The standard InChI is InChI=1S/C10H13ClN2O3/c1-7(6-14)5-12-10-3-2-8(13(15)16)4-9(10)11/h2-4,7,12,14H,5-6H2,1H3. The summed E-state index contributed by atoms with van der Waals surface area (Å²) < 4.78 is 0. The van der Waals surface area contributed by atoms with E-state index in [-0.39, 0.29) is 18.2 Å². The summed E-state index contributed by atoms with van der Waals surface area (Å²) >= 11 is 5.87. The van der Waals surface area contributed by atoms with Crippen LogP contribution >= 0.6 is 11.6 Å². The molecule has 0 spiro atoms. The molecule has 0 aromatic heterocycles. The van der Waals surface area contributed by atoms with Crippen molar-refractivity contribution in [3.8, 4) is 0 Å². The van der Waals surface area contributed by atoms with E-state index in [9.17, 15) is 10.1 Å². The summed E-state index contributed by atoms with van der Waals surface area (Å²) in [6.07, 6.45) is 0. The molecule has 1 rings (SSSR count). The van der Waals surface area contributed by atoms with Crippen LogP contribution in [-0.4, -0.2) is 23.2 Å². The highest BCUT2D eigenvalue weighted by atomic mass is 35.5. The molecular weight excluding hydrogens is 232 g/mol. The Bertz CT molecular complexity index is 384. The van der Waals surface area contributed by atoms with Gasteiger partial charge in [0.2, 0.25) is 0 Å². The first-order valence-electron chi connectivity index (χ1n) is 4.83. The molecule has 0 aliphatic carbocycles. The molecule has 16 heavy (non-hydrogen) atoms. The predicted octanol–water partition coefficient (Wildman–Crippen LogP) is 2.29. The Morgan fingerprint density at radius 1 is 1.62 bits per heavy atom.